The summed E-state index contributed by atoms with van der Waals surface area (Å²) in [4.78, 5) is 12.5. The highest BCUT2D eigenvalue weighted by atomic mass is 32.2. The van der Waals surface area contributed by atoms with Crippen molar-refractivity contribution in [3.05, 3.63) is 66.0 Å². The highest BCUT2D eigenvalue weighted by Crippen LogP contribution is 2.24. The van der Waals surface area contributed by atoms with Crippen molar-refractivity contribution in [3.63, 3.8) is 0 Å². The molecule has 162 valence electrons. The number of amides is 1. The number of hydrogen-bond acceptors (Lipinski definition) is 5. The van der Waals surface area contributed by atoms with E-state index in [0.717, 1.165) is 24.3 Å². The van der Waals surface area contributed by atoms with Gasteiger partial charge in [-0.05, 0) is 44.0 Å². The van der Waals surface area contributed by atoms with Crippen LogP contribution in [0.1, 0.15) is 43.5 Å². The average Bonchev–Trinajstić information content (AvgIpc) is 3.21. The molecule has 1 heterocycles. The minimum Gasteiger partial charge on any atom is -0.486 e. The van der Waals surface area contributed by atoms with Crippen LogP contribution in [-0.4, -0.2) is 32.5 Å². The number of nitrogens with one attached hydrogen (secondary N) is 1. The molecule has 0 spiro atoms. The lowest BCUT2D eigenvalue weighted by Crippen LogP contribution is -2.37. The largest absolute Gasteiger partial charge is 0.486 e. The second kappa shape index (κ2) is 10.5. The summed E-state index contributed by atoms with van der Waals surface area (Å²) in [6.07, 6.45) is 5.83. The molecule has 0 atom stereocenters. The van der Waals surface area contributed by atoms with E-state index in [1.807, 2.05) is 66.1 Å². The van der Waals surface area contributed by atoms with E-state index in [2.05, 4.69) is 15.5 Å². The number of carbonyl (C=O) groups is 1. The summed E-state index contributed by atoms with van der Waals surface area (Å²) < 4.78 is 7.90. The Morgan fingerprint density at radius 3 is 2.55 bits per heavy atom. The smallest absolute Gasteiger partial charge is 0.230 e. The maximum absolute atomic E-state index is 12.5. The van der Waals surface area contributed by atoms with E-state index in [4.69, 9.17) is 4.74 Å². The van der Waals surface area contributed by atoms with Crippen LogP contribution in [0.25, 0.3) is 5.69 Å². The lowest BCUT2D eigenvalue weighted by molar-refractivity contribution is -0.119. The Balaban J connectivity index is 1.45. The third kappa shape index (κ3) is 5.88. The van der Waals surface area contributed by atoms with Gasteiger partial charge in [-0.1, -0.05) is 66.9 Å². The van der Waals surface area contributed by atoms with E-state index in [-0.39, 0.29) is 5.91 Å². The van der Waals surface area contributed by atoms with Gasteiger partial charge in [0, 0.05) is 11.7 Å². The topological polar surface area (TPSA) is 69.0 Å². The Labute approximate surface area is 187 Å². The molecule has 3 aromatic rings. The Hall–Kier alpha value is -2.80. The highest BCUT2D eigenvalue weighted by Gasteiger charge is 2.19. The fourth-order valence-corrected chi connectivity index (χ4v) is 4.53. The van der Waals surface area contributed by atoms with Crippen LogP contribution in [0.15, 0.2) is 59.8 Å². The maximum atomic E-state index is 12.5. The molecule has 4 rings (SSSR count). The molecular weight excluding hydrogens is 408 g/mol. The minimum absolute atomic E-state index is 0.0527. The number of aromatic nitrogens is 3. The van der Waals surface area contributed by atoms with Gasteiger partial charge in [0.1, 0.15) is 12.4 Å². The van der Waals surface area contributed by atoms with E-state index in [9.17, 15) is 4.79 Å². The van der Waals surface area contributed by atoms with Crippen LogP contribution >= 0.6 is 11.8 Å². The summed E-state index contributed by atoms with van der Waals surface area (Å²) in [7, 11) is 0. The number of thioether (sulfide) groups is 1. The van der Waals surface area contributed by atoms with Crippen molar-refractivity contribution in [2.24, 2.45) is 0 Å². The number of para-hydroxylation sites is 1. The summed E-state index contributed by atoms with van der Waals surface area (Å²) in [5.74, 6) is 1.86. The zero-order chi connectivity index (χ0) is 21.5. The van der Waals surface area contributed by atoms with Crippen molar-refractivity contribution in [3.8, 4) is 11.4 Å². The van der Waals surface area contributed by atoms with Crippen LogP contribution in [0, 0.1) is 6.92 Å². The molecule has 31 heavy (non-hydrogen) atoms. The van der Waals surface area contributed by atoms with Crippen molar-refractivity contribution in [1.82, 2.24) is 20.1 Å². The van der Waals surface area contributed by atoms with Gasteiger partial charge in [-0.15, -0.1) is 10.2 Å². The lowest BCUT2D eigenvalue weighted by Gasteiger charge is -2.22. The summed E-state index contributed by atoms with van der Waals surface area (Å²) in [6, 6.07) is 18.2. The molecule has 7 heteroatoms. The van der Waals surface area contributed by atoms with E-state index >= 15 is 0 Å². The van der Waals surface area contributed by atoms with Crippen molar-refractivity contribution in [2.75, 3.05) is 5.75 Å². The molecule has 0 radical (unpaired) electrons. The average molecular weight is 437 g/mol. The van der Waals surface area contributed by atoms with Crippen LogP contribution in [0.2, 0.25) is 0 Å². The first-order valence-electron chi connectivity index (χ1n) is 10.8. The number of carbonyl (C=O) groups excluding carboxylic acids is 1. The molecule has 0 saturated heterocycles. The Kier molecular flexibility index (Phi) is 7.25. The Morgan fingerprint density at radius 2 is 1.81 bits per heavy atom. The van der Waals surface area contributed by atoms with Gasteiger partial charge in [0.15, 0.2) is 11.0 Å². The van der Waals surface area contributed by atoms with Gasteiger partial charge in [-0.25, -0.2) is 0 Å². The summed E-state index contributed by atoms with van der Waals surface area (Å²) in [5.41, 5.74) is 2.13. The fraction of sp³-hybridized carbons (Fsp3) is 0.375. The highest BCUT2D eigenvalue weighted by molar-refractivity contribution is 7.99. The molecule has 1 N–H and O–H groups in total. The van der Waals surface area contributed by atoms with Gasteiger partial charge < -0.3 is 10.1 Å². The molecule has 0 bridgehead atoms. The standard InChI is InChI=1S/C24H28N4O2S/c1-18-12-14-21(15-13-18)30-16-22-26-27-24(28(22)20-10-6-3-7-11-20)31-17-23(29)25-19-8-4-2-5-9-19/h3,6-7,10-15,19H,2,4-5,8-9,16-17H2,1H3,(H,25,29). The third-order valence-electron chi connectivity index (χ3n) is 5.41. The number of rotatable bonds is 8. The van der Waals surface area contributed by atoms with Gasteiger partial charge in [0.2, 0.25) is 5.91 Å². The monoisotopic (exact) mass is 436 g/mol. The molecule has 0 unspecified atom stereocenters. The second-order valence-corrected chi connectivity index (χ2v) is 8.81. The number of ether oxygens (including phenoxy) is 1. The first kappa shape index (κ1) is 21.4. The first-order valence-corrected chi connectivity index (χ1v) is 11.8. The summed E-state index contributed by atoms with van der Waals surface area (Å²) >= 11 is 1.40. The third-order valence-corrected chi connectivity index (χ3v) is 6.34. The zero-order valence-corrected chi connectivity index (χ0v) is 18.6. The summed E-state index contributed by atoms with van der Waals surface area (Å²) in [6.45, 7) is 2.34. The number of aryl methyl sites for hydroxylation is 1. The number of nitrogens with zero attached hydrogens (tertiary/aromatic N) is 3. The molecule has 6 nitrogen and oxygen atoms in total. The van der Waals surface area contributed by atoms with Crippen molar-refractivity contribution in [1.29, 1.82) is 0 Å². The Bertz CT molecular complexity index is 983. The lowest BCUT2D eigenvalue weighted by atomic mass is 9.95. The predicted molar refractivity (Wildman–Crippen MR) is 123 cm³/mol. The van der Waals surface area contributed by atoms with Gasteiger partial charge >= 0.3 is 0 Å². The van der Waals surface area contributed by atoms with E-state index in [1.165, 1.54) is 36.6 Å². The number of hydrogen-bond donors (Lipinski definition) is 1. The predicted octanol–water partition coefficient (Wildman–Crippen LogP) is 4.70. The molecule has 2 aromatic carbocycles. The van der Waals surface area contributed by atoms with Gasteiger partial charge in [-0.2, -0.15) is 0 Å². The molecule has 1 fully saturated rings. The molecular formula is C24H28N4O2S. The van der Waals surface area contributed by atoms with E-state index < -0.39 is 0 Å². The molecule has 0 aliphatic heterocycles. The van der Waals surface area contributed by atoms with E-state index in [1.54, 1.807) is 0 Å². The fourth-order valence-electron chi connectivity index (χ4n) is 3.75. The second-order valence-electron chi connectivity index (χ2n) is 7.86. The van der Waals surface area contributed by atoms with Gasteiger partial charge in [-0.3, -0.25) is 9.36 Å². The van der Waals surface area contributed by atoms with Crippen LogP contribution < -0.4 is 10.1 Å². The van der Waals surface area contributed by atoms with Crippen LogP contribution in [0.5, 0.6) is 5.75 Å². The first-order chi connectivity index (χ1) is 15.2. The van der Waals surface area contributed by atoms with Gasteiger partial charge in [0.05, 0.1) is 5.75 Å². The van der Waals surface area contributed by atoms with Crippen molar-refractivity contribution >= 4 is 17.7 Å². The number of benzene rings is 2. The molecule has 1 aliphatic carbocycles. The van der Waals surface area contributed by atoms with Crippen LogP contribution in [0.4, 0.5) is 0 Å². The molecule has 1 aliphatic rings. The molecule has 1 saturated carbocycles. The molecule has 1 aromatic heterocycles. The van der Waals surface area contributed by atoms with Crippen molar-refractivity contribution < 1.29 is 9.53 Å². The van der Waals surface area contributed by atoms with Gasteiger partial charge in [0.25, 0.3) is 0 Å². The maximum Gasteiger partial charge on any atom is 0.230 e. The van der Waals surface area contributed by atoms with Crippen LogP contribution in [-0.2, 0) is 11.4 Å². The minimum atomic E-state index is 0.0527. The van der Waals surface area contributed by atoms with Crippen molar-refractivity contribution in [2.45, 2.75) is 56.8 Å². The Morgan fingerprint density at radius 1 is 1.06 bits per heavy atom. The SMILES string of the molecule is Cc1ccc(OCc2nnc(SCC(=O)NC3CCCCC3)n2-c2ccccc2)cc1. The zero-order valence-electron chi connectivity index (χ0n) is 17.8. The van der Waals surface area contributed by atoms with Crippen LogP contribution in [0.3, 0.4) is 0 Å². The summed E-state index contributed by atoms with van der Waals surface area (Å²) in [5, 5.41) is 12.6. The quantitative estimate of drug-likeness (QED) is 0.519. The normalized spacial score (nSPS) is 14.4. The molecule has 1 amide bonds. The van der Waals surface area contributed by atoms with E-state index in [0.29, 0.717) is 29.4 Å².